The van der Waals surface area contributed by atoms with Crippen molar-refractivity contribution in [3.63, 3.8) is 0 Å². The molecular weight excluding hydrogens is 306 g/mol. The number of carboxylic acid groups (broad SMARTS) is 1. The molecule has 5 heteroatoms. The molecule has 1 fully saturated rings. The minimum atomic E-state index is -1.23. The van der Waals surface area contributed by atoms with Gasteiger partial charge in [0.1, 0.15) is 11.9 Å². The van der Waals surface area contributed by atoms with Crippen molar-refractivity contribution in [2.45, 2.75) is 45.1 Å². The van der Waals surface area contributed by atoms with Crippen LogP contribution in [0.1, 0.15) is 38.3 Å². The Balaban J connectivity index is 0.000000301. The molecule has 1 heterocycles. The van der Waals surface area contributed by atoms with Gasteiger partial charge in [0.15, 0.2) is 0 Å². The molecule has 1 saturated heterocycles. The number of hydrogen-bond donors (Lipinski definition) is 3. The standard InChI is InChI=1S/C16H23NO.C3H6O3/c1-11-13-8-12-4-5-14(18)9-15(12)16(11,2)6-7-17(3)10-13;1-2(4)3(5)6/h4-5,9,11,13,18H,6-8,10H2,1-3H3;2,4H,1H3,(H,5,6)/t11-,13?,16+;/m0./s1. The minimum absolute atomic E-state index is 0.224. The summed E-state index contributed by atoms with van der Waals surface area (Å²) in [5, 5.41) is 25.6. The van der Waals surface area contributed by atoms with Crippen molar-refractivity contribution in [1.29, 1.82) is 0 Å². The van der Waals surface area contributed by atoms with Gasteiger partial charge >= 0.3 is 5.97 Å². The number of aliphatic hydroxyl groups is 1. The van der Waals surface area contributed by atoms with Gasteiger partial charge in [-0.15, -0.1) is 0 Å². The number of benzene rings is 1. The predicted octanol–water partition coefficient (Wildman–Crippen LogP) is 2.25. The largest absolute Gasteiger partial charge is 0.508 e. The van der Waals surface area contributed by atoms with E-state index in [2.05, 4.69) is 31.9 Å². The first kappa shape index (κ1) is 18.7. The third-order valence-corrected chi connectivity index (χ3v) is 5.82. The molecule has 1 aliphatic heterocycles. The van der Waals surface area contributed by atoms with E-state index < -0.39 is 12.1 Å². The number of aliphatic carboxylic acids is 1. The van der Waals surface area contributed by atoms with Gasteiger partial charge in [0.05, 0.1) is 0 Å². The maximum atomic E-state index is 9.80. The van der Waals surface area contributed by atoms with Gasteiger partial charge in [-0.25, -0.2) is 4.79 Å². The van der Waals surface area contributed by atoms with Crippen molar-refractivity contribution in [3.8, 4) is 5.75 Å². The van der Waals surface area contributed by atoms with Crippen LogP contribution in [0.5, 0.6) is 5.75 Å². The van der Waals surface area contributed by atoms with Gasteiger partial charge in [0.25, 0.3) is 0 Å². The first-order chi connectivity index (χ1) is 11.1. The molecule has 4 atom stereocenters. The number of fused-ring (bicyclic) bond motifs is 4. The molecule has 2 unspecified atom stereocenters. The number of aliphatic hydroxyl groups excluding tert-OH is 1. The van der Waals surface area contributed by atoms with Crippen LogP contribution in [0, 0.1) is 11.8 Å². The molecular formula is C19H29NO4. The lowest BCUT2D eigenvalue weighted by atomic mass is 9.60. The van der Waals surface area contributed by atoms with Gasteiger partial charge in [0.2, 0.25) is 0 Å². The third kappa shape index (κ3) is 3.73. The summed E-state index contributed by atoms with van der Waals surface area (Å²) >= 11 is 0. The molecule has 0 amide bonds. The number of carboxylic acids is 1. The molecule has 0 saturated carbocycles. The predicted molar refractivity (Wildman–Crippen MR) is 93.2 cm³/mol. The average molecular weight is 335 g/mol. The zero-order valence-corrected chi connectivity index (χ0v) is 15.0. The number of carbonyl (C=O) groups is 1. The molecule has 1 aliphatic carbocycles. The van der Waals surface area contributed by atoms with Crippen molar-refractivity contribution in [2.75, 3.05) is 20.1 Å². The van der Waals surface area contributed by atoms with E-state index in [1.54, 1.807) is 0 Å². The highest BCUT2D eigenvalue weighted by Crippen LogP contribution is 2.48. The van der Waals surface area contributed by atoms with E-state index in [0.29, 0.717) is 11.7 Å². The molecule has 134 valence electrons. The SMILES string of the molecule is CC(O)C(=O)O.C[C@H]1C2Cc3ccc(O)cc3[C@]1(C)CCN(C)C2. The number of hydrogen-bond acceptors (Lipinski definition) is 4. The Hall–Kier alpha value is -1.59. The van der Waals surface area contributed by atoms with Crippen molar-refractivity contribution in [2.24, 2.45) is 11.8 Å². The van der Waals surface area contributed by atoms with Gasteiger partial charge in [-0.3, -0.25) is 0 Å². The summed E-state index contributed by atoms with van der Waals surface area (Å²) < 4.78 is 0. The van der Waals surface area contributed by atoms with Crippen LogP contribution in [0.2, 0.25) is 0 Å². The Kier molecular flexibility index (Phi) is 5.56. The van der Waals surface area contributed by atoms with E-state index in [4.69, 9.17) is 10.2 Å². The summed E-state index contributed by atoms with van der Waals surface area (Å²) in [5.74, 6) is 0.671. The van der Waals surface area contributed by atoms with Crippen LogP contribution in [0.15, 0.2) is 18.2 Å². The van der Waals surface area contributed by atoms with Crippen LogP contribution in [-0.2, 0) is 16.6 Å². The Morgan fingerprint density at radius 3 is 2.62 bits per heavy atom. The number of likely N-dealkylation sites (tertiary alicyclic amines) is 1. The lowest BCUT2D eigenvalue weighted by molar-refractivity contribution is -0.145. The van der Waals surface area contributed by atoms with Crippen LogP contribution < -0.4 is 0 Å². The highest BCUT2D eigenvalue weighted by molar-refractivity contribution is 5.71. The van der Waals surface area contributed by atoms with Crippen molar-refractivity contribution in [3.05, 3.63) is 29.3 Å². The first-order valence-electron chi connectivity index (χ1n) is 8.57. The summed E-state index contributed by atoms with van der Waals surface area (Å²) in [4.78, 5) is 11.9. The number of phenols is 1. The van der Waals surface area contributed by atoms with E-state index in [0.717, 1.165) is 18.9 Å². The summed E-state index contributed by atoms with van der Waals surface area (Å²) in [6.45, 7) is 8.35. The maximum absolute atomic E-state index is 9.80. The summed E-state index contributed by atoms with van der Waals surface area (Å²) in [6, 6.07) is 5.98. The molecule has 3 rings (SSSR count). The highest BCUT2D eigenvalue weighted by Gasteiger charge is 2.44. The summed E-state index contributed by atoms with van der Waals surface area (Å²) in [5.41, 5.74) is 3.07. The van der Waals surface area contributed by atoms with Gasteiger partial charge < -0.3 is 20.2 Å². The Labute approximate surface area is 143 Å². The van der Waals surface area contributed by atoms with E-state index in [1.807, 2.05) is 12.1 Å². The fourth-order valence-electron chi connectivity index (χ4n) is 4.00. The third-order valence-electron chi connectivity index (χ3n) is 5.82. The van der Waals surface area contributed by atoms with E-state index in [1.165, 1.54) is 31.0 Å². The second kappa shape index (κ2) is 7.11. The Bertz CT molecular complexity index is 601. The Morgan fingerprint density at radius 1 is 1.42 bits per heavy atom. The Morgan fingerprint density at radius 2 is 2.04 bits per heavy atom. The number of rotatable bonds is 1. The average Bonchev–Trinajstić information content (AvgIpc) is 2.58. The fraction of sp³-hybridized carbons (Fsp3) is 0.632. The van der Waals surface area contributed by atoms with Crippen LogP contribution in [0.25, 0.3) is 0 Å². The topological polar surface area (TPSA) is 81.0 Å². The number of phenolic OH excluding ortho intramolecular Hbond substituents is 1. The first-order valence-corrected chi connectivity index (χ1v) is 8.57. The van der Waals surface area contributed by atoms with Crippen molar-refractivity contribution >= 4 is 5.97 Å². The minimum Gasteiger partial charge on any atom is -0.508 e. The monoisotopic (exact) mass is 335 g/mol. The van der Waals surface area contributed by atoms with Gasteiger partial charge in [-0.05, 0) is 73.9 Å². The van der Waals surface area contributed by atoms with Gasteiger partial charge in [0, 0.05) is 6.54 Å². The second-order valence-electron chi connectivity index (χ2n) is 7.54. The molecule has 0 spiro atoms. The molecule has 1 aromatic rings. The normalized spacial score (nSPS) is 30.4. The molecule has 2 aliphatic rings. The van der Waals surface area contributed by atoms with Crippen molar-refractivity contribution < 1.29 is 20.1 Å². The van der Waals surface area contributed by atoms with E-state index in [9.17, 15) is 9.90 Å². The molecule has 0 radical (unpaired) electrons. The van der Waals surface area contributed by atoms with Crippen molar-refractivity contribution in [1.82, 2.24) is 4.90 Å². The van der Waals surface area contributed by atoms with Crippen LogP contribution in [-0.4, -0.2) is 52.4 Å². The molecule has 5 nitrogen and oxygen atoms in total. The van der Waals surface area contributed by atoms with Crippen LogP contribution in [0.3, 0.4) is 0 Å². The zero-order valence-electron chi connectivity index (χ0n) is 15.0. The number of nitrogens with zero attached hydrogens (tertiary/aromatic N) is 1. The van der Waals surface area contributed by atoms with E-state index in [-0.39, 0.29) is 5.41 Å². The smallest absolute Gasteiger partial charge is 0.332 e. The maximum Gasteiger partial charge on any atom is 0.332 e. The molecule has 0 aromatic heterocycles. The molecule has 3 N–H and O–H groups in total. The molecule has 24 heavy (non-hydrogen) atoms. The van der Waals surface area contributed by atoms with E-state index >= 15 is 0 Å². The van der Waals surface area contributed by atoms with Crippen LogP contribution in [0.4, 0.5) is 0 Å². The van der Waals surface area contributed by atoms with Gasteiger partial charge in [-0.1, -0.05) is 19.9 Å². The molecule has 1 aromatic carbocycles. The van der Waals surface area contributed by atoms with Gasteiger partial charge in [-0.2, -0.15) is 0 Å². The quantitative estimate of drug-likeness (QED) is 0.733. The lowest BCUT2D eigenvalue weighted by Crippen LogP contribution is -2.41. The lowest BCUT2D eigenvalue weighted by Gasteiger charge is -2.44. The van der Waals surface area contributed by atoms with Crippen LogP contribution >= 0.6 is 0 Å². The second-order valence-corrected chi connectivity index (χ2v) is 7.54. The fourth-order valence-corrected chi connectivity index (χ4v) is 4.00. The summed E-state index contributed by atoms with van der Waals surface area (Å²) in [7, 11) is 2.24. The highest BCUT2D eigenvalue weighted by atomic mass is 16.4. The summed E-state index contributed by atoms with van der Waals surface area (Å²) in [6.07, 6.45) is 1.12. The zero-order chi connectivity index (χ0) is 18.1. The number of aromatic hydroxyl groups is 1. The molecule has 2 bridgehead atoms.